The lowest BCUT2D eigenvalue weighted by atomic mass is 10.2. The van der Waals surface area contributed by atoms with E-state index in [1.807, 2.05) is 41.9 Å². The number of aliphatic imine (C=N–C) groups is 1. The third kappa shape index (κ3) is 5.34. The van der Waals surface area contributed by atoms with E-state index in [1.54, 1.807) is 19.2 Å². The molecule has 152 valence electrons. The van der Waals surface area contributed by atoms with Crippen LogP contribution in [0, 0.1) is 0 Å². The van der Waals surface area contributed by atoms with Crippen LogP contribution in [-0.4, -0.2) is 23.5 Å². The highest BCUT2D eigenvalue weighted by atomic mass is 35.5. The monoisotopic (exact) mass is 433 g/mol. The largest absolute Gasteiger partial charge is 0.459 e. The van der Waals surface area contributed by atoms with Gasteiger partial charge >= 0.3 is 0 Å². The molecule has 0 bridgehead atoms. The summed E-state index contributed by atoms with van der Waals surface area (Å²) in [5.74, 6) is 0.631. The third-order valence-electron chi connectivity index (χ3n) is 4.29. The number of carbonyl (C=O) groups excluding carboxylic acids is 1. The van der Waals surface area contributed by atoms with Gasteiger partial charge in [-0.3, -0.25) is 9.79 Å². The summed E-state index contributed by atoms with van der Waals surface area (Å²) >= 11 is 12.1. The Bertz CT molecular complexity index is 995. The summed E-state index contributed by atoms with van der Waals surface area (Å²) in [6.45, 7) is 1.10. The van der Waals surface area contributed by atoms with Crippen LogP contribution < -0.4 is 16.0 Å². The molecule has 3 rings (SSSR count). The summed E-state index contributed by atoms with van der Waals surface area (Å²) in [6, 6.07) is 12.6. The molecule has 0 unspecified atom stereocenters. The van der Waals surface area contributed by atoms with E-state index in [9.17, 15) is 4.79 Å². The highest BCUT2D eigenvalue weighted by Gasteiger charge is 2.10. The Morgan fingerprint density at radius 2 is 1.86 bits per heavy atom. The molecule has 0 spiro atoms. The molecule has 0 saturated heterocycles. The van der Waals surface area contributed by atoms with Crippen molar-refractivity contribution in [3.8, 4) is 0 Å². The van der Waals surface area contributed by atoms with Crippen molar-refractivity contribution in [2.24, 2.45) is 12.0 Å². The zero-order valence-electron chi connectivity index (χ0n) is 16.0. The maximum Gasteiger partial charge on any atom is 0.291 e. The number of guanidine groups is 1. The molecule has 3 aromatic rings. The van der Waals surface area contributed by atoms with Crippen molar-refractivity contribution in [2.75, 3.05) is 12.4 Å². The molecule has 2 heterocycles. The lowest BCUT2D eigenvalue weighted by molar-refractivity contribution is 0.0996. The fourth-order valence-electron chi connectivity index (χ4n) is 2.65. The van der Waals surface area contributed by atoms with E-state index in [4.69, 9.17) is 27.6 Å². The Labute approximate surface area is 178 Å². The van der Waals surface area contributed by atoms with Gasteiger partial charge in [-0.25, -0.2) is 0 Å². The molecule has 0 atom stereocenters. The fourth-order valence-corrected chi connectivity index (χ4v) is 3.06. The van der Waals surface area contributed by atoms with Crippen molar-refractivity contribution in [3.05, 3.63) is 75.9 Å². The Kier molecular flexibility index (Phi) is 6.85. The standard InChI is InChI=1S/C20H21Cl2N5O2/c1-23-20(25-12-15-10-16(21)18(22)27(15)2)24-11-13-5-7-14(8-6-13)26-19(28)17-4-3-9-29-17/h3-10H,11-12H2,1-2H3,(H,26,28)(H2,23,24,25). The molecule has 0 aliphatic carbocycles. The molecule has 1 amide bonds. The van der Waals surface area contributed by atoms with E-state index in [0.29, 0.717) is 34.9 Å². The number of amides is 1. The summed E-state index contributed by atoms with van der Waals surface area (Å²) in [6.07, 6.45) is 1.46. The first-order chi connectivity index (χ1) is 14.0. The van der Waals surface area contributed by atoms with Crippen LogP contribution >= 0.6 is 23.2 Å². The van der Waals surface area contributed by atoms with Crippen molar-refractivity contribution in [1.82, 2.24) is 15.2 Å². The quantitative estimate of drug-likeness (QED) is 0.404. The predicted molar refractivity (Wildman–Crippen MR) is 116 cm³/mol. The van der Waals surface area contributed by atoms with Crippen molar-refractivity contribution in [3.63, 3.8) is 0 Å². The van der Waals surface area contributed by atoms with Gasteiger partial charge in [-0.05, 0) is 35.9 Å². The maximum atomic E-state index is 12.0. The van der Waals surface area contributed by atoms with Gasteiger partial charge in [0.1, 0.15) is 5.15 Å². The van der Waals surface area contributed by atoms with E-state index in [0.717, 1.165) is 11.3 Å². The summed E-state index contributed by atoms with van der Waals surface area (Å²) in [4.78, 5) is 16.2. The van der Waals surface area contributed by atoms with Gasteiger partial charge in [0.25, 0.3) is 5.91 Å². The minimum Gasteiger partial charge on any atom is -0.459 e. The maximum absolute atomic E-state index is 12.0. The van der Waals surface area contributed by atoms with E-state index >= 15 is 0 Å². The molecule has 1 aromatic carbocycles. The summed E-state index contributed by atoms with van der Waals surface area (Å²) < 4.78 is 6.90. The number of hydrogen-bond acceptors (Lipinski definition) is 3. The van der Waals surface area contributed by atoms with E-state index in [-0.39, 0.29) is 11.7 Å². The Morgan fingerprint density at radius 1 is 1.14 bits per heavy atom. The Morgan fingerprint density at radius 3 is 2.45 bits per heavy atom. The average Bonchev–Trinajstić information content (AvgIpc) is 3.35. The molecule has 9 heteroatoms. The third-order valence-corrected chi connectivity index (χ3v) is 5.13. The van der Waals surface area contributed by atoms with Gasteiger partial charge in [0.05, 0.1) is 17.8 Å². The second-order valence-corrected chi connectivity index (χ2v) is 7.01. The van der Waals surface area contributed by atoms with E-state index in [2.05, 4.69) is 20.9 Å². The van der Waals surface area contributed by atoms with Gasteiger partial charge in [0.2, 0.25) is 0 Å². The zero-order chi connectivity index (χ0) is 20.8. The van der Waals surface area contributed by atoms with Crippen molar-refractivity contribution < 1.29 is 9.21 Å². The minimum atomic E-state index is -0.286. The number of furan rings is 1. The second-order valence-electron chi connectivity index (χ2n) is 6.24. The van der Waals surface area contributed by atoms with Crippen LogP contribution in [0.3, 0.4) is 0 Å². The number of nitrogens with one attached hydrogen (secondary N) is 3. The summed E-state index contributed by atoms with van der Waals surface area (Å²) in [5.41, 5.74) is 2.67. The van der Waals surface area contributed by atoms with Gasteiger partial charge in [0, 0.05) is 32.0 Å². The molecule has 29 heavy (non-hydrogen) atoms. The van der Waals surface area contributed by atoms with Crippen LogP contribution in [0.2, 0.25) is 10.2 Å². The van der Waals surface area contributed by atoms with Crippen LogP contribution in [0.25, 0.3) is 0 Å². The van der Waals surface area contributed by atoms with Gasteiger partial charge < -0.3 is 24.9 Å². The molecule has 0 aliphatic rings. The molecule has 0 aliphatic heterocycles. The van der Waals surface area contributed by atoms with Gasteiger partial charge in [-0.2, -0.15) is 0 Å². The first kappa shape index (κ1) is 20.8. The molecule has 0 saturated carbocycles. The van der Waals surface area contributed by atoms with E-state index < -0.39 is 0 Å². The number of nitrogens with zero attached hydrogens (tertiary/aromatic N) is 2. The van der Waals surface area contributed by atoms with Gasteiger partial charge in [0.15, 0.2) is 11.7 Å². The smallest absolute Gasteiger partial charge is 0.291 e. The normalized spacial score (nSPS) is 11.4. The van der Waals surface area contributed by atoms with Crippen LogP contribution in [0.4, 0.5) is 5.69 Å². The van der Waals surface area contributed by atoms with Crippen molar-refractivity contribution in [1.29, 1.82) is 0 Å². The van der Waals surface area contributed by atoms with E-state index in [1.165, 1.54) is 6.26 Å². The van der Waals surface area contributed by atoms with Crippen molar-refractivity contribution in [2.45, 2.75) is 13.1 Å². The molecular formula is C20H21Cl2N5O2. The van der Waals surface area contributed by atoms with Crippen molar-refractivity contribution >= 4 is 40.8 Å². The first-order valence-electron chi connectivity index (χ1n) is 8.86. The molecule has 3 N–H and O–H groups in total. The highest BCUT2D eigenvalue weighted by Crippen LogP contribution is 2.24. The Balaban J connectivity index is 1.50. The SMILES string of the molecule is CN=C(NCc1ccc(NC(=O)c2ccco2)cc1)NCc1cc(Cl)c(Cl)n1C. The number of anilines is 1. The minimum absolute atomic E-state index is 0.270. The van der Waals surface area contributed by atoms with Crippen LogP contribution in [-0.2, 0) is 20.1 Å². The number of benzene rings is 1. The zero-order valence-corrected chi connectivity index (χ0v) is 17.5. The van der Waals surface area contributed by atoms with Crippen LogP contribution in [0.15, 0.2) is 58.1 Å². The topological polar surface area (TPSA) is 83.6 Å². The number of aromatic nitrogens is 1. The van der Waals surface area contributed by atoms with Crippen LogP contribution in [0.5, 0.6) is 0 Å². The summed E-state index contributed by atoms with van der Waals surface area (Å²) in [7, 11) is 3.56. The number of halogens is 2. The summed E-state index contributed by atoms with van der Waals surface area (Å²) in [5, 5.41) is 10.3. The predicted octanol–water partition coefficient (Wildman–Crippen LogP) is 4.04. The molecule has 0 fully saturated rings. The second kappa shape index (κ2) is 9.54. The molecule has 7 nitrogen and oxygen atoms in total. The fraction of sp³-hybridized carbons (Fsp3) is 0.200. The molecule has 2 aromatic heterocycles. The van der Waals surface area contributed by atoms with Crippen LogP contribution in [0.1, 0.15) is 21.8 Å². The highest BCUT2D eigenvalue weighted by molar-refractivity contribution is 6.41. The lowest BCUT2D eigenvalue weighted by Crippen LogP contribution is -2.36. The lowest BCUT2D eigenvalue weighted by Gasteiger charge is -2.13. The first-order valence-corrected chi connectivity index (χ1v) is 9.61. The Hall–Kier alpha value is -2.90. The molecule has 0 radical (unpaired) electrons. The number of rotatable bonds is 6. The average molecular weight is 434 g/mol. The van der Waals surface area contributed by atoms with Gasteiger partial charge in [-0.15, -0.1) is 0 Å². The van der Waals surface area contributed by atoms with Gasteiger partial charge in [-0.1, -0.05) is 35.3 Å². The number of hydrogen-bond donors (Lipinski definition) is 3. The number of carbonyl (C=O) groups is 1. The molecular weight excluding hydrogens is 413 g/mol.